The minimum absolute atomic E-state index is 0.0610. The molecule has 26 heavy (non-hydrogen) atoms. The second kappa shape index (κ2) is 7.79. The zero-order valence-electron chi connectivity index (χ0n) is 13.8. The third kappa shape index (κ3) is 4.45. The smallest absolute Gasteiger partial charge is 0.390 e. The fourth-order valence-corrected chi connectivity index (χ4v) is 3.92. The summed E-state index contributed by atoms with van der Waals surface area (Å²) in [5.41, 5.74) is 1.08. The Bertz CT molecular complexity index is 884. The minimum Gasteiger partial charge on any atom is -0.497 e. The van der Waals surface area contributed by atoms with E-state index in [1.54, 1.807) is 19.1 Å². The summed E-state index contributed by atoms with van der Waals surface area (Å²) >= 11 is 11.7. The van der Waals surface area contributed by atoms with Crippen molar-refractivity contribution in [1.82, 2.24) is 4.72 Å². The van der Waals surface area contributed by atoms with Crippen LogP contribution in [0.4, 0.5) is 0 Å². The standard InChI is InChI=1S/C16H16Cl2N2O5S/c1-11-3-9-14(10-4-11)26(23,24)19-15(16(17,18)20(21)22)12-5-7-13(25-2)8-6-12/h3-10,15,19H,1-2H3/t15-/m1/s1. The Morgan fingerprint density at radius 1 is 1.12 bits per heavy atom. The van der Waals surface area contributed by atoms with Gasteiger partial charge in [-0.1, -0.05) is 29.8 Å². The van der Waals surface area contributed by atoms with Gasteiger partial charge in [0.15, 0.2) is 0 Å². The first-order valence-electron chi connectivity index (χ1n) is 7.33. The summed E-state index contributed by atoms with van der Waals surface area (Å²) in [5, 5.41) is 11.3. The first-order valence-corrected chi connectivity index (χ1v) is 9.57. The average molecular weight is 419 g/mol. The Kier molecular flexibility index (Phi) is 6.13. The normalized spacial score (nSPS) is 13.2. The van der Waals surface area contributed by atoms with Gasteiger partial charge < -0.3 is 4.74 Å². The molecule has 0 bridgehead atoms. The molecular weight excluding hydrogens is 403 g/mol. The van der Waals surface area contributed by atoms with Crippen LogP contribution in [0.1, 0.15) is 17.2 Å². The summed E-state index contributed by atoms with van der Waals surface area (Å²) in [7, 11) is -2.66. The molecule has 0 amide bonds. The number of aryl methyl sites for hydroxylation is 1. The molecule has 0 aromatic heterocycles. The van der Waals surface area contributed by atoms with Gasteiger partial charge in [0.1, 0.15) is 11.8 Å². The van der Waals surface area contributed by atoms with Crippen molar-refractivity contribution in [2.24, 2.45) is 0 Å². The Morgan fingerprint density at radius 2 is 1.65 bits per heavy atom. The molecule has 1 N–H and O–H groups in total. The molecule has 140 valence electrons. The van der Waals surface area contributed by atoms with Crippen LogP contribution in [0.5, 0.6) is 5.75 Å². The molecule has 2 aromatic carbocycles. The number of methoxy groups -OCH3 is 1. The number of sulfonamides is 1. The number of hydrogen-bond acceptors (Lipinski definition) is 5. The topological polar surface area (TPSA) is 98.5 Å². The van der Waals surface area contributed by atoms with Crippen molar-refractivity contribution in [2.45, 2.75) is 22.3 Å². The predicted octanol–water partition coefficient (Wildman–Crippen LogP) is 3.43. The molecular formula is C16H16Cl2N2O5S. The highest BCUT2D eigenvalue weighted by Gasteiger charge is 2.50. The summed E-state index contributed by atoms with van der Waals surface area (Å²) in [4.78, 5) is 10.3. The molecule has 0 aliphatic heterocycles. The second-order valence-electron chi connectivity index (χ2n) is 5.49. The second-order valence-corrected chi connectivity index (χ2v) is 8.55. The van der Waals surface area contributed by atoms with E-state index in [1.165, 1.54) is 43.5 Å². The summed E-state index contributed by atoms with van der Waals surface area (Å²) in [6.07, 6.45) is 0. The van der Waals surface area contributed by atoms with Gasteiger partial charge in [-0.15, -0.1) is 0 Å². The SMILES string of the molecule is COc1ccc([C@@H](NS(=O)(=O)c2ccc(C)cc2)C(Cl)(Cl)[N+](=O)[O-])cc1. The molecule has 2 aromatic rings. The lowest BCUT2D eigenvalue weighted by molar-refractivity contribution is -0.520. The highest BCUT2D eigenvalue weighted by Crippen LogP contribution is 2.38. The highest BCUT2D eigenvalue weighted by atomic mass is 35.5. The quantitative estimate of drug-likeness (QED) is 0.321. The third-order valence-corrected chi connectivity index (χ3v) is 5.80. The van der Waals surface area contributed by atoms with Gasteiger partial charge in [0.05, 0.1) is 16.9 Å². The molecule has 0 aliphatic carbocycles. The Balaban J connectivity index is 2.46. The van der Waals surface area contributed by atoms with Crippen LogP contribution in [0.15, 0.2) is 53.4 Å². The first-order chi connectivity index (χ1) is 12.1. The fourth-order valence-electron chi connectivity index (χ4n) is 2.18. The van der Waals surface area contributed by atoms with Gasteiger partial charge >= 0.3 is 4.46 Å². The van der Waals surface area contributed by atoms with Gasteiger partial charge in [0.2, 0.25) is 10.0 Å². The van der Waals surface area contributed by atoms with E-state index in [-0.39, 0.29) is 10.5 Å². The van der Waals surface area contributed by atoms with Crippen LogP contribution in [0.2, 0.25) is 0 Å². The van der Waals surface area contributed by atoms with Gasteiger partial charge in [-0.05, 0) is 60.0 Å². The first kappa shape index (κ1) is 20.4. The van der Waals surface area contributed by atoms with Crippen molar-refractivity contribution in [3.8, 4) is 5.75 Å². The number of nitrogens with zero attached hydrogens (tertiary/aromatic N) is 1. The van der Waals surface area contributed by atoms with Gasteiger partial charge in [0.25, 0.3) is 0 Å². The summed E-state index contributed by atoms with van der Waals surface area (Å²) < 4.78 is 29.9. The van der Waals surface area contributed by atoms with Crippen LogP contribution < -0.4 is 9.46 Å². The van der Waals surface area contributed by atoms with Gasteiger partial charge in [-0.3, -0.25) is 10.1 Å². The predicted molar refractivity (Wildman–Crippen MR) is 98.7 cm³/mol. The molecule has 0 unspecified atom stereocenters. The summed E-state index contributed by atoms with van der Waals surface area (Å²) in [6, 6.07) is 10.4. The zero-order chi connectivity index (χ0) is 19.5. The Morgan fingerprint density at radius 3 is 2.12 bits per heavy atom. The number of halogens is 2. The van der Waals surface area contributed by atoms with Crippen molar-refractivity contribution in [3.05, 3.63) is 69.8 Å². The molecule has 0 aliphatic rings. The molecule has 2 rings (SSSR count). The maximum Gasteiger partial charge on any atom is 0.390 e. The van der Waals surface area contributed by atoms with Crippen molar-refractivity contribution < 1.29 is 18.1 Å². The molecule has 0 saturated carbocycles. The Hall–Kier alpha value is -1.87. The van der Waals surface area contributed by atoms with E-state index in [0.29, 0.717) is 5.75 Å². The van der Waals surface area contributed by atoms with Gasteiger partial charge in [-0.25, -0.2) is 8.42 Å². The summed E-state index contributed by atoms with van der Waals surface area (Å²) in [6.45, 7) is 1.80. The number of nitrogens with one attached hydrogen (secondary N) is 1. The van der Waals surface area contributed by atoms with E-state index in [4.69, 9.17) is 27.9 Å². The molecule has 1 atom stereocenters. The number of hydrogen-bond donors (Lipinski definition) is 1. The molecule has 0 fully saturated rings. The van der Waals surface area contributed by atoms with Crippen LogP contribution in [-0.2, 0) is 10.0 Å². The summed E-state index contributed by atoms with van der Waals surface area (Å²) in [5.74, 6) is 0.490. The largest absolute Gasteiger partial charge is 0.497 e. The number of ether oxygens (including phenoxy) is 1. The van der Waals surface area contributed by atoms with E-state index in [0.717, 1.165) is 5.56 Å². The van der Waals surface area contributed by atoms with Crippen molar-refractivity contribution in [3.63, 3.8) is 0 Å². The van der Waals surface area contributed by atoms with Crippen molar-refractivity contribution in [1.29, 1.82) is 0 Å². The number of alkyl halides is 2. The van der Waals surface area contributed by atoms with Gasteiger partial charge in [-0.2, -0.15) is 4.72 Å². The molecule has 10 heteroatoms. The lowest BCUT2D eigenvalue weighted by Gasteiger charge is -2.24. The van der Waals surface area contributed by atoms with Gasteiger partial charge in [0, 0.05) is 0 Å². The molecule has 0 spiro atoms. The minimum atomic E-state index is -4.11. The van der Waals surface area contributed by atoms with E-state index >= 15 is 0 Å². The number of nitro groups is 1. The number of rotatable bonds is 7. The maximum atomic E-state index is 12.6. The Labute approximate surface area is 161 Å². The zero-order valence-corrected chi connectivity index (χ0v) is 16.2. The van der Waals surface area contributed by atoms with E-state index in [1.807, 2.05) is 0 Å². The van der Waals surface area contributed by atoms with Crippen LogP contribution in [0.3, 0.4) is 0 Å². The fraction of sp³-hybridized carbons (Fsp3) is 0.250. The lowest BCUT2D eigenvalue weighted by Crippen LogP contribution is -2.43. The number of benzene rings is 2. The maximum absolute atomic E-state index is 12.6. The van der Waals surface area contributed by atoms with Crippen LogP contribution >= 0.6 is 23.2 Å². The van der Waals surface area contributed by atoms with E-state index in [2.05, 4.69) is 4.72 Å². The van der Waals surface area contributed by atoms with E-state index < -0.39 is 25.4 Å². The molecule has 0 saturated heterocycles. The average Bonchev–Trinajstić information content (AvgIpc) is 2.60. The van der Waals surface area contributed by atoms with Crippen molar-refractivity contribution in [2.75, 3.05) is 7.11 Å². The van der Waals surface area contributed by atoms with Crippen LogP contribution in [-0.4, -0.2) is 24.9 Å². The third-order valence-electron chi connectivity index (χ3n) is 3.64. The monoisotopic (exact) mass is 418 g/mol. The molecule has 0 heterocycles. The molecule has 7 nitrogen and oxygen atoms in total. The van der Waals surface area contributed by atoms with Crippen molar-refractivity contribution >= 4 is 33.2 Å². The molecule has 0 radical (unpaired) electrons. The lowest BCUT2D eigenvalue weighted by atomic mass is 10.1. The van der Waals surface area contributed by atoms with E-state index in [9.17, 15) is 18.5 Å². The van der Waals surface area contributed by atoms with Crippen LogP contribution in [0, 0.1) is 17.0 Å². The van der Waals surface area contributed by atoms with Crippen LogP contribution in [0.25, 0.3) is 0 Å². The highest BCUT2D eigenvalue weighted by molar-refractivity contribution is 7.89.